The van der Waals surface area contributed by atoms with Gasteiger partial charge in [-0.05, 0) is 25.1 Å². The van der Waals surface area contributed by atoms with Crippen molar-refractivity contribution in [1.29, 1.82) is 0 Å². The first kappa shape index (κ1) is 22.6. The molecule has 0 atom stereocenters. The number of carbonyl (C=O) groups excluding carboxylic acids is 2. The number of nitro groups is 1. The van der Waals surface area contributed by atoms with E-state index >= 15 is 0 Å². The second kappa shape index (κ2) is 9.84. The van der Waals surface area contributed by atoms with Crippen LogP contribution in [0.15, 0.2) is 52.1 Å². The molecule has 1 N–H and O–H groups in total. The van der Waals surface area contributed by atoms with E-state index in [0.717, 1.165) is 5.56 Å². The quantitative estimate of drug-likeness (QED) is 0.207. The third-order valence-corrected chi connectivity index (χ3v) is 5.93. The topological polar surface area (TPSA) is 120 Å². The summed E-state index contributed by atoms with van der Waals surface area (Å²) in [5.41, 5.74) is 1.53. The molecule has 3 rings (SSSR count). The van der Waals surface area contributed by atoms with Crippen LogP contribution in [0.25, 0.3) is 11.4 Å². The van der Waals surface area contributed by atoms with Crippen molar-refractivity contribution in [1.82, 2.24) is 14.8 Å². The monoisotopic (exact) mass is 503 g/mol. The van der Waals surface area contributed by atoms with Crippen molar-refractivity contribution in [2.24, 2.45) is 0 Å². The van der Waals surface area contributed by atoms with E-state index in [9.17, 15) is 19.7 Å². The molecule has 2 aromatic carbocycles. The average Bonchev–Trinajstić information content (AvgIpc) is 3.14. The van der Waals surface area contributed by atoms with Gasteiger partial charge in [-0.3, -0.25) is 19.7 Å². The zero-order chi connectivity index (χ0) is 22.5. The van der Waals surface area contributed by atoms with Crippen LogP contribution in [0.4, 0.5) is 11.4 Å². The third-order valence-electron chi connectivity index (χ3n) is 4.27. The summed E-state index contributed by atoms with van der Waals surface area (Å²) < 4.78 is 2.36. The minimum Gasteiger partial charge on any atom is -0.326 e. The molecular weight excluding hydrogens is 486 g/mol. The zero-order valence-electron chi connectivity index (χ0n) is 16.7. The number of nitro benzene ring substituents is 1. The van der Waals surface area contributed by atoms with Gasteiger partial charge in [-0.25, -0.2) is 0 Å². The Hall–Kier alpha value is -3.05. The SMILES string of the molecule is CCn1c(SCC(=O)c2cc([N+](=O)[O-])ccc2Br)nnc1-c1cccc(NC(C)=O)c1. The van der Waals surface area contributed by atoms with Crippen LogP contribution in [0, 0.1) is 10.1 Å². The van der Waals surface area contributed by atoms with Crippen molar-refractivity contribution in [3.05, 3.63) is 62.6 Å². The molecule has 0 saturated carbocycles. The van der Waals surface area contributed by atoms with Crippen LogP contribution in [-0.4, -0.2) is 37.1 Å². The van der Waals surface area contributed by atoms with Gasteiger partial charge in [-0.2, -0.15) is 0 Å². The summed E-state index contributed by atoms with van der Waals surface area (Å²) in [7, 11) is 0. The van der Waals surface area contributed by atoms with E-state index in [2.05, 4.69) is 31.4 Å². The number of rotatable bonds is 8. The number of aromatic nitrogens is 3. The molecule has 0 saturated heterocycles. The molecule has 0 unspecified atom stereocenters. The Morgan fingerprint density at radius 3 is 2.68 bits per heavy atom. The van der Waals surface area contributed by atoms with E-state index in [1.54, 1.807) is 12.1 Å². The summed E-state index contributed by atoms with van der Waals surface area (Å²) in [6, 6.07) is 11.3. The lowest BCUT2D eigenvalue weighted by atomic mass is 10.1. The Labute approximate surface area is 190 Å². The molecule has 1 aromatic heterocycles. The van der Waals surface area contributed by atoms with Gasteiger partial charge < -0.3 is 9.88 Å². The molecule has 3 aromatic rings. The first-order valence-corrected chi connectivity index (χ1v) is 11.0. The summed E-state index contributed by atoms with van der Waals surface area (Å²) in [4.78, 5) is 34.4. The van der Waals surface area contributed by atoms with Crippen LogP contribution in [-0.2, 0) is 11.3 Å². The number of nitrogens with zero attached hydrogens (tertiary/aromatic N) is 4. The van der Waals surface area contributed by atoms with Crippen LogP contribution in [0.2, 0.25) is 0 Å². The molecule has 0 aliphatic heterocycles. The number of hydrogen-bond donors (Lipinski definition) is 1. The summed E-state index contributed by atoms with van der Waals surface area (Å²) >= 11 is 4.48. The molecule has 1 amide bonds. The first-order chi connectivity index (χ1) is 14.8. The van der Waals surface area contributed by atoms with Crippen LogP contribution >= 0.6 is 27.7 Å². The lowest BCUT2D eigenvalue weighted by molar-refractivity contribution is -0.384. The average molecular weight is 504 g/mol. The number of anilines is 1. The predicted octanol–water partition coefficient (Wildman–Crippen LogP) is 4.57. The van der Waals surface area contributed by atoms with E-state index in [-0.39, 0.29) is 28.7 Å². The summed E-state index contributed by atoms with van der Waals surface area (Å²) in [5.74, 6) is 0.224. The van der Waals surface area contributed by atoms with Crippen LogP contribution in [0.3, 0.4) is 0 Å². The van der Waals surface area contributed by atoms with E-state index in [0.29, 0.717) is 27.7 Å². The lowest BCUT2D eigenvalue weighted by Crippen LogP contribution is -2.07. The van der Waals surface area contributed by atoms with E-state index in [4.69, 9.17) is 0 Å². The molecule has 0 fully saturated rings. The Morgan fingerprint density at radius 1 is 1.23 bits per heavy atom. The highest BCUT2D eigenvalue weighted by atomic mass is 79.9. The molecular formula is C20H18BrN5O4S. The smallest absolute Gasteiger partial charge is 0.270 e. The van der Waals surface area contributed by atoms with Crippen molar-refractivity contribution in [3.63, 3.8) is 0 Å². The lowest BCUT2D eigenvalue weighted by Gasteiger charge is -2.09. The van der Waals surface area contributed by atoms with Gasteiger partial charge in [-0.15, -0.1) is 10.2 Å². The number of Topliss-reactive ketones (excluding diaryl/α,β-unsaturated/α-hetero) is 1. The summed E-state index contributed by atoms with van der Waals surface area (Å²) in [5, 5.41) is 22.7. The zero-order valence-corrected chi connectivity index (χ0v) is 19.1. The molecule has 0 aliphatic carbocycles. The minimum absolute atomic E-state index is 0.0455. The number of nitrogens with one attached hydrogen (secondary N) is 1. The van der Waals surface area contributed by atoms with E-state index < -0.39 is 4.92 Å². The van der Waals surface area contributed by atoms with Gasteiger partial charge in [0.05, 0.1) is 10.7 Å². The van der Waals surface area contributed by atoms with Crippen LogP contribution in [0.5, 0.6) is 0 Å². The number of non-ortho nitro benzene ring substituents is 1. The van der Waals surface area contributed by atoms with E-state index in [1.165, 1.54) is 36.9 Å². The van der Waals surface area contributed by atoms with Crippen molar-refractivity contribution in [3.8, 4) is 11.4 Å². The Bertz CT molecular complexity index is 1160. The second-order valence-electron chi connectivity index (χ2n) is 6.45. The maximum Gasteiger partial charge on any atom is 0.270 e. The van der Waals surface area contributed by atoms with Crippen molar-refractivity contribution >= 4 is 50.8 Å². The predicted molar refractivity (Wildman–Crippen MR) is 121 cm³/mol. The van der Waals surface area contributed by atoms with Gasteiger partial charge in [0.1, 0.15) is 0 Å². The molecule has 1 heterocycles. The Balaban J connectivity index is 1.81. The van der Waals surface area contributed by atoms with Gasteiger partial charge in [0.25, 0.3) is 5.69 Å². The largest absolute Gasteiger partial charge is 0.326 e. The number of carbonyl (C=O) groups is 2. The normalized spacial score (nSPS) is 10.7. The molecule has 0 spiro atoms. The van der Waals surface area contributed by atoms with Crippen molar-refractivity contribution in [2.75, 3.05) is 11.1 Å². The number of amides is 1. The van der Waals surface area contributed by atoms with Crippen molar-refractivity contribution in [2.45, 2.75) is 25.5 Å². The fraction of sp³-hybridized carbons (Fsp3) is 0.200. The third kappa shape index (κ3) is 5.36. The summed E-state index contributed by atoms with van der Waals surface area (Å²) in [6.45, 7) is 3.95. The molecule has 0 aliphatic rings. The molecule has 160 valence electrons. The highest BCUT2D eigenvalue weighted by Crippen LogP contribution is 2.28. The number of ketones is 1. The molecule has 11 heteroatoms. The van der Waals surface area contributed by atoms with E-state index in [1.807, 2.05) is 23.6 Å². The fourth-order valence-corrected chi connectivity index (χ4v) is 4.24. The Morgan fingerprint density at radius 2 is 2.00 bits per heavy atom. The molecule has 31 heavy (non-hydrogen) atoms. The number of benzene rings is 2. The van der Waals surface area contributed by atoms with Gasteiger partial charge in [0, 0.05) is 46.9 Å². The standard InChI is InChI=1S/C20H18BrN5O4S/c1-3-25-19(13-5-4-6-14(9-13)22-12(2)27)23-24-20(25)31-11-18(28)16-10-15(26(29)30)7-8-17(16)21/h4-10H,3,11H2,1-2H3,(H,22,27). The van der Waals surface area contributed by atoms with Gasteiger partial charge in [0.2, 0.25) is 5.91 Å². The van der Waals surface area contributed by atoms with Gasteiger partial charge in [0.15, 0.2) is 16.8 Å². The molecule has 0 radical (unpaired) electrons. The molecule has 9 nitrogen and oxygen atoms in total. The number of hydrogen-bond acceptors (Lipinski definition) is 7. The van der Waals surface area contributed by atoms with Gasteiger partial charge in [-0.1, -0.05) is 39.8 Å². The highest BCUT2D eigenvalue weighted by molar-refractivity contribution is 9.10. The maximum atomic E-state index is 12.7. The van der Waals surface area contributed by atoms with Gasteiger partial charge >= 0.3 is 0 Å². The van der Waals surface area contributed by atoms with Crippen LogP contribution in [0.1, 0.15) is 24.2 Å². The molecule has 0 bridgehead atoms. The fourth-order valence-electron chi connectivity index (χ4n) is 2.88. The second-order valence-corrected chi connectivity index (χ2v) is 8.24. The maximum absolute atomic E-state index is 12.7. The van der Waals surface area contributed by atoms with Crippen molar-refractivity contribution < 1.29 is 14.5 Å². The Kier molecular flexibility index (Phi) is 7.18. The first-order valence-electron chi connectivity index (χ1n) is 9.21. The number of halogens is 1. The highest BCUT2D eigenvalue weighted by Gasteiger charge is 2.19. The van der Waals surface area contributed by atoms with Crippen LogP contribution < -0.4 is 5.32 Å². The number of thioether (sulfide) groups is 1. The summed E-state index contributed by atoms with van der Waals surface area (Å²) in [6.07, 6.45) is 0. The minimum atomic E-state index is -0.536.